The number of carbonyl (C=O) groups excluding carboxylic acids is 1. The molecular formula is C18H18N2O3S. The predicted molar refractivity (Wildman–Crippen MR) is 92.5 cm³/mol. The van der Waals surface area contributed by atoms with Gasteiger partial charge in [-0.3, -0.25) is 4.79 Å². The number of hydrogen-bond acceptors (Lipinski definition) is 5. The molecule has 2 heterocycles. The van der Waals surface area contributed by atoms with Crippen molar-refractivity contribution in [2.45, 2.75) is 19.6 Å². The Labute approximate surface area is 144 Å². The van der Waals surface area contributed by atoms with Crippen molar-refractivity contribution in [2.24, 2.45) is 0 Å². The van der Waals surface area contributed by atoms with Crippen molar-refractivity contribution in [3.8, 4) is 10.6 Å². The molecule has 0 unspecified atom stereocenters. The summed E-state index contributed by atoms with van der Waals surface area (Å²) in [6.07, 6.45) is 0. The number of carbonyl (C=O) groups is 1. The molecule has 0 spiro atoms. The van der Waals surface area contributed by atoms with Crippen molar-refractivity contribution in [1.82, 2.24) is 10.5 Å². The summed E-state index contributed by atoms with van der Waals surface area (Å²) < 4.78 is 10.7. The second-order valence-electron chi connectivity index (χ2n) is 5.35. The van der Waals surface area contributed by atoms with Crippen molar-refractivity contribution in [1.29, 1.82) is 0 Å². The third-order valence-corrected chi connectivity index (χ3v) is 4.37. The van der Waals surface area contributed by atoms with Crippen molar-refractivity contribution < 1.29 is 14.1 Å². The molecule has 5 nitrogen and oxygen atoms in total. The Bertz CT molecular complexity index is 769. The van der Waals surface area contributed by atoms with E-state index < -0.39 is 0 Å². The van der Waals surface area contributed by atoms with Gasteiger partial charge in [0, 0.05) is 6.07 Å². The molecule has 0 aliphatic heterocycles. The van der Waals surface area contributed by atoms with Crippen molar-refractivity contribution in [2.75, 3.05) is 6.61 Å². The van der Waals surface area contributed by atoms with Gasteiger partial charge in [0.15, 0.2) is 5.76 Å². The fraction of sp³-hybridized carbons (Fsp3) is 0.222. The van der Waals surface area contributed by atoms with E-state index in [0.29, 0.717) is 11.5 Å². The molecule has 0 radical (unpaired) electrons. The van der Waals surface area contributed by atoms with Gasteiger partial charge in [-0.1, -0.05) is 41.6 Å². The van der Waals surface area contributed by atoms with Crippen LogP contribution in [0.1, 0.15) is 24.2 Å². The van der Waals surface area contributed by atoms with Gasteiger partial charge in [0.05, 0.1) is 17.5 Å². The zero-order chi connectivity index (χ0) is 16.8. The Morgan fingerprint density at radius 1 is 1.29 bits per heavy atom. The largest absolute Gasteiger partial charge is 0.365 e. The van der Waals surface area contributed by atoms with Crippen LogP contribution in [-0.4, -0.2) is 17.7 Å². The molecule has 1 aromatic carbocycles. The van der Waals surface area contributed by atoms with E-state index in [4.69, 9.17) is 9.26 Å². The van der Waals surface area contributed by atoms with Crippen LogP contribution in [0, 0.1) is 0 Å². The first-order chi connectivity index (χ1) is 11.7. The van der Waals surface area contributed by atoms with E-state index >= 15 is 0 Å². The molecule has 1 N–H and O–H groups in total. The quantitative estimate of drug-likeness (QED) is 0.709. The predicted octanol–water partition coefficient (Wildman–Crippen LogP) is 3.80. The number of nitrogens with zero attached hydrogens (tertiary/aromatic N) is 1. The molecule has 0 fully saturated rings. The van der Waals surface area contributed by atoms with Gasteiger partial charge in [-0.05, 0) is 23.9 Å². The van der Waals surface area contributed by atoms with E-state index in [1.807, 2.05) is 60.8 Å². The van der Waals surface area contributed by atoms with Crippen molar-refractivity contribution in [3.63, 3.8) is 0 Å². The van der Waals surface area contributed by atoms with Crippen LogP contribution in [0.15, 0.2) is 58.4 Å². The Morgan fingerprint density at radius 3 is 2.88 bits per heavy atom. The summed E-state index contributed by atoms with van der Waals surface area (Å²) in [5.74, 6) is 0.555. The maximum Gasteiger partial charge on any atom is 0.246 e. The number of thiophene rings is 1. The minimum atomic E-state index is -0.159. The van der Waals surface area contributed by atoms with E-state index in [9.17, 15) is 4.79 Å². The number of benzene rings is 1. The van der Waals surface area contributed by atoms with Gasteiger partial charge in [0.25, 0.3) is 0 Å². The molecule has 6 heteroatoms. The second-order valence-corrected chi connectivity index (χ2v) is 6.30. The second kappa shape index (κ2) is 7.90. The van der Waals surface area contributed by atoms with Gasteiger partial charge in [-0.2, -0.15) is 0 Å². The van der Waals surface area contributed by atoms with E-state index in [1.165, 1.54) is 0 Å². The van der Waals surface area contributed by atoms with Crippen LogP contribution in [0.2, 0.25) is 0 Å². The summed E-state index contributed by atoms with van der Waals surface area (Å²) in [4.78, 5) is 12.9. The molecule has 1 amide bonds. The first kappa shape index (κ1) is 16.4. The Balaban J connectivity index is 1.44. The molecule has 0 saturated heterocycles. The van der Waals surface area contributed by atoms with Gasteiger partial charge >= 0.3 is 0 Å². The minimum absolute atomic E-state index is 0.0155. The van der Waals surface area contributed by atoms with Crippen LogP contribution in [0.25, 0.3) is 10.6 Å². The van der Waals surface area contributed by atoms with Crippen LogP contribution < -0.4 is 5.32 Å². The summed E-state index contributed by atoms with van der Waals surface area (Å²) in [6, 6.07) is 15.5. The first-order valence-corrected chi connectivity index (χ1v) is 8.52. The number of amides is 1. The molecule has 3 rings (SSSR count). The topological polar surface area (TPSA) is 64.4 Å². The Kier molecular flexibility index (Phi) is 5.40. The average Bonchev–Trinajstić information content (AvgIpc) is 3.27. The molecule has 1 atom stereocenters. The summed E-state index contributed by atoms with van der Waals surface area (Å²) >= 11 is 1.58. The highest BCUT2D eigenvalue weighted by Crippen LogP contribution is 2.25. The molecule has 2 aromatic heterocycles. The normalized spacial score (nSPS) is 12.0. The van der Waals surface area contributed by atoms with Gasteiger partial charge in [-0.15, -0.1) is 11.3 Å². The monoisotopic (exact) mass is 342 g/mol. The molecule has 0 saturated carbocycles. The highest BCUT2D eigenvalue weighted by Gasteiger charge is 2.11. The number of hydrogen-bond donors (Lipinski definition) is 1. The van der Waals surface area contributed by atoms with E-state index in [2.05, 4.69) is 10.5 Å². The fourth-order valence-corrected chi connectivity index (χ4v) is 2.94. The summed E-state index contributed by atoms with van der Waals surface area (Å²) in [7, 11) is 0. The number of nitrogens with one attached hydrogen (secondary N) is 1. The lowest BCUT2D eigenvalue weighted by molar-refractivity contribution is -0.126. The summed E-state index contributed by atoms with van der Waals surface area (Å²) in [5.41, 5.74) is 1.73. The van der Waals surface area contributed by atoms with E-state index in [1.54, 1.807) is 11.3 Å². The Morgan fingerprint density at radius 2 is 2.12 bits per heavy atom. The summed E-state index contributed by atoms with van der Waals surface area (Å²) in [5, 5.41) is 8.83. The number of aromatic nitrogens is 1. The van der Waals surface area contributed by atoms with Crippen LogP contribution in [0.3, 0.4) is 0 Å². The minimum Gasteiger partial charge on any atom is -0.365 e. The van der Waals surface area contributed by atoms with Crippen LogP contribution >= 0.6 is 11.3 Å². The standard InChI is InChI=1S/C18H18N2O3S/c1-13(14-6-3-2-4-7-14)19-18(21)12-22-11-15-10-16(23-20-15)17-8-5-9-24-17/h2-10,13H,11-12H2,1H3,(H,19,21)/t13-/m0/s1. The van der Waals surface area contributed by atoms with Crippen LogP contribution in [0.4, 0.5) is 0 Å². The lowest BCUT2D eigenvalue weighted by Crippen LogP contribution is -2.30. The molecule has 0 aliphatic rings. The molecule has 3 aromatic rings. The lowest BCUT2D eigenvalue weighted by atomic mass is 10.1. The van der Waals surface area contributed by atoms with Crippen molar-refractivity contribution in [3.05, 3.63) is 65.2 Å². The van der Waals surface area contributed by atoms with Crippen LogP contribution in [-0.2, 0) is 16.1 Å². The fourth-order valence-electron chi connectivity index (χ4n) is 2.27. The van der Waals surface area contributed by atoms with Gasteiger partial charge in [0.2, 0.25) is 5.91 Å². The molecule has 124 valence electrons. The summed E-state index contributed by atoms with van der Waals surface area (Å²) in [6.45, 7) is 2.17. The van der Waals surface area contributed by atoms with Gasteiger partial charge in [0.1, 0.15) is 12.3 Å². The first-order valence-electron chi connectivity index (χ1n) is 7.64. The maximum atomic E-state index is 11.9. The van der Waals surface area contributed by atoms with Gasteiger partial charge < -0.3 is 14.6 Å². The highest BCUT2D eigenvalue weighted by molar-refractivity contribution is 7.13. The van der Waals surface area contributed by atoms with E-state index in [-0.39, 0.29) is 25.2 Å². The van der Waals surface area contributed by atoms with Gasteiger partial charge in [-0.25, -0.2) is 0 Å². The molecular weight excluding hydrogens is 324 g/mol. The zero-order valence-corrected chi connectivity index (χ0v) is 14.1. The zero-order valence-electron chi connectivity index (χ0n) is 13.3. The lowest BCUT2D eigenvalue weighted by Gasteiger charge is -2.14. The van der Waals surface area contributed by atoms with Crippen molar-refractivity contribution >= 4 is 17.2 Å². The maximum absolute atomic E-state index is 11.9. The molecule has 24 heavy (non-hydrogen) atoms. The number of ether oxygens (including phenoxy) is 1. The SMILES string of the molecule is C[C@H](NC(=O)COCc1cc(-c2cccs2)on1)c1ccccc1. The molecule has 0 bridgehead atoms. The third-order valence-electron chi connectivity index (χ3n) is 3.48. The third kappa shape index (κ3) is 4.31. The highest BCUT2D eigenvalue weighted by atomic mass is 32.1. The van der Waals surface area contributed by atoms with Crippen LogP contribution in [0.5, 0.6) is 0 Å². The number of rotatable bonds is 7. The molecule has 0 aliphatic carbocycles. The Hall–Kier alpha value is -2.44. The average molecular weight is 342 g/mol. The van der Waals surface area contributed by atoms with E-state index in [0.717, 1.165) is 10.4 Å². The smallest absolute Gasteiger partial charge is 0.246 e.